The van der Waals surface area contributed by atoms with E-state index in [1.54, 1.807) is 19.5 Å². The predicted octanol–water partition coefficient (Wildman–Crippen LogP) is 2.78. The number of benzene rings is 1. The lowest BCUT2D eigenvalue weighted by atomic mass is 10.1. The maximum absolute atomic E-state index is 5.69. The van der Waals surface area contributed by atoms with Crippen molar-refractivity contribution in [1.82, 2.24) is 10.3 Å². The highest BCUT2D eigenvalue weighted by Gasteiger charge is 2.09. The first-order valence-corrected chi connectivity index (χ1v) is 6.73. The third kappa shape index (κ3) is 3.71. The number of methoxy groups -OCH3 is 1. The Kier molecular flexibility index (Phi) is 5.38. The van der Waals surface area contributed by atoms with Crippen LogP contribution in [0.4, 0.5) is 0 Å². The molecule has 0 saturated carbocycles. The molecule has 0 amide bonds. The molecule has 0 bridgehead atoms. The first-order valence-electron chi connectivity index (χ1n) is 6.73. The summed E-state index contributed by atoms with van der Waals surface area (Å²) in [5.41, 5.74) is 2.31. The van der Waals surface area contributed by atoms with Gasteiger partial charge in [0.2, 0.25) is 0 Å². The number of para-hydroxylation sites is 1. The molecule has 0 unspecified atom stereocenters. The normalized spacial score (nSPS) is 10.3. The number of nitrogens with one attached hydrogen (secondary N) is 1. The molecule has 0 aliphatic carbocycles. The summed E-state index contributed by atoms with van der Waals surface area (Å²) < 4.78 is 11.0. The first-order chi connectivity index (χ1) is 9.85. The molecule has 0 fully saturated rings. The highest BCUT2D eigenvalue weighted by atomic mass is 16.5. The van der Waals surface area contributed by atoms with Crippen molar-refractivity contribution in [2.45, 2.75) is 20.0 Å². The fraction of sp³-hybridized carbons (Fsp3) is 0.312. The van der Waals surface area contributed by atoms with Crippen LogP contribution < -0.4 is 14.8 Å². The van der Waals surface area contributed by atoms with Crippen LogP contribution in [0.1, 0.15) is 18.1 Å². The van der Waals surface area contributed by atoms with Crippen LogP contribution in [0, 0.1) is 0 Å². The molecular formula is C16H20N2O2. The number of rotatable bonds is 7. The van der Waals surface area contributed by atoms with Crippen molar-refractivity contribution in [3.05, 3.63) is 53.9 Å². The van der Waals surface area contributed by atoms with Crippen LogP contribution in [0.2, 0.25) is 0 Å². The number of pyridine rings is 1. The zero-order valence-corrected chi connectivity index (χ0v) is 11.9. The molecule has 20 heavy (non-hydrogen) atoms. The average molecular weight is 272 g/mol. The Morgan fingerprint density at radius 1 is 1.10 bits per heavy atom. The molecule has 4 nitrogen and oxygen atoms in total. The van der Waals surface area contributed by atoms with Gasteiger partial charge in [-0.05, 0) is 30.7 Å². The van der Waals surface area contributed by atoms with Gasteiger partial charge in [-0.25, -0.2) is 0 Å². The molecule has 0 radical (unpaired) electrons. The summed E-state index contributed by atoms with van der Waals surface area (Å²) >= 11 is 0. The van der Waals surface area contributed by atoms with Gasteiger partial charge in [0.05, 0.1) is 13.7 Å². The third-order valence-electron chi connectivity index (χ3n) is 2.96. The van der Waals surface area contributed by atoms with Crippen LogP contribution in [-0.4, -0.2) is 18.7 Å². The molecule has 1 N–H and O–H groups in total. The van der Waals surface area contributed by atoms with Gasteiger partial charge >= 0.3 is 0 Å². The number of hydrogen-bond donors (Lipinski definition) is 1. The molecule has 106 valence electrons. The summed E-state index contributed by atoms with van der Waals surface area (Å²) in [7, 11) is 1.66. The molecule has 1 aromatic heterocycles. The number of aromatic nitrogens is 1. The highest BCUT2D eigenvalue weighted by molar-refractivity contribution is 5.46. The van der Waals surface area contributed by atoms with Gasteiger partial charge in [0.1, 0.15) is 0 Å². The van der Waals surface area contributed by atoms with Crippen molar-refractivity contribution in [3.63, 3.8) is 0 Å². The van der Waals surface area contributed by atoms with Crippen LogP contribution in [0.5, 0.6) is 11.5 Å². The number of hydrogen-bond acceptors (Lipinski definition) is 4. The largest absolute Gasteiger partial charge is 0.493 e. The Morgan fingerprint density at radius 2 is 1.90 bits per heavy atom. The molecule has 0 aliphatic rings. The van der Waals surface area contributed by atoms with E-state index in [0.29, 0.717) is 6.61 Å². The maximum atomic E-state index is 5.69. The van der Waals surface area contributed by atoms with E-state index in [1.165, 1.54) is 5.56 Å². The number of ether oxygens (including phenoxy) is 2. The van der Waals surface area contributed by atoms with Crippen LogP contribution >= 0.6 is 0 Å². The van der Waals surface area contributed by atoms with E-state index in [4.69, 9.17) is 9.47 Å². The third-order valence-corrected chi connectivity index (χ3v) is 2.96. The lowest BCUT2D eigenvalue weighted by molar-refractivity contribution is 0.306. The molecular weight excluding hydrogens is 252 g/mol. The van der Waals surface area contributed by atoms with E-state index in [2.05, 4.69) is 10.3 Å². The topological polar surface area (TPSA) is 43.4 Å². The van der Waals surface area contributed by atoms with Crippen molar-refractivity contribution in [2.24, 2.45) is 0 Å². The Hall–Kier alpha value is -2.07. The summed E-state index contributed by atoms with van der Waals surface area (Å²) in [4.78, 5) is 4.01. The molecule has 2 aromatic rings. The van der Waals surface area contributed by atoms with Crippen LogP contribution in [0.3, 0.4) is 0 Å². The monoisotopic (exact) mass is 272 g/mol. The Labute approximate surface area is 119 Å². The minimum Gasteiger partial charge on any atom is -0.493 e. The van der Waals surface area contributed by atoms with Crippen molar-refractivity contribution < 1.29 is 9.47 Å². The summed E-state index contributed by atoms with van der Waals surface area (Å²) in [5, 5.41) is 3.40. The van der Waals surface area contributed by atoms with E-state index in [-0.39, 0.29) is 0 Å². The Balaban J connectivity index is 2.01. The number of nitrogens with zero attached hydrogens (tertiary/aromatic N) is 1. The van der Waals surface area contributed by atoms with E-state index in [9.17, 15) is 0 Å². The first kappa shape index (κ1) is 14.3. The molecule has 1 aromatic carbocycles. The van der Waals surface area contributed by atoms with Gasteiger partial charge in [0, 0.05) is 31.0 Å². The second-order valence-electron chi connectivity index (χ2n) is 4.34. The minimum absolute atomic E-state index is 0.623. The molecule has 1 heterocycles. The van der Waals surface area contributed by atoms with Gasteiger partial charge in [0.15, 0.2) is 11.5 Å². The Morgan fingerprint density at radius 3 is 2.60 bits per heavy atom. The smallest absolute Gasteiger partial charge is 0.165 e. The zero-order chi connectivity index (χ0) is 14.2. The molecule has 2 rings (SSSR count). The molecule has 4 heteroatoms. The quantitative estimate of drug-likeness (QED) is 0.841. The molecule has 0 spiro atoms. The summed E-state index contributed by atoms with van der Waals surface area (Å²) in [6, 6.07) is 9.94. The fourth-order valence-corrected chi connectivity index (χ4v) is 2.01. The molecule has 0 saturated heterocycles. The van der Waals surface area contributed by atoms with E-state index < -0.39 is 0 Å². The van der Waals surface area contributed by atoms with Crippen LogP contribution in [0.25, 0.3) is 0 Å². The summed E-state index contributed by atoms with van der Waals surface area (Å²) in [6.07, 6.45) is 3.60. The van der Waals surface area contributed by atoms with Crippen molar-refractivity contribution in [1.29, 1.82) is 0 Å². The summed E-state index contributed by atoms with van der Waals surface area (Å²) in [5.74, 6) is 1.59. The van der Waals surface area contributed by atoms with Gasteiger partial charge in [-0.15, -0.1) is 0 Å². The fourth-order valence-electron chi connectivity index (χ4n) is 2.01. The average Bonchev–Trinajstić information content (AvgIpc) is 2.50. The Bertz CT molecular complexity index is 529. The summed E-state index contributed by atoms with van der Waals surface area (Å²) in [6.45, 7) is 4.12. The van der Waals surface area contributed by atoms with E-state index in [0.717, 1.165) is 30.2 Å². The maximum Gasteiger partial charge on any atom is 0.165 e. The van der Waals surface area contributed by atoms with Gasteiger partial charge in [0.25, 0.3) is 0 Å². The lowest BCUT2D eigenvalue weighted by Gasteiger charge is -2.14. The molecule has 0 aliphatic heterocycles. The van der Waals surface area contributed by atoms with E-state index >= 15 is 0 Å². The van der Waals surface area contributed by atoms with Crippen LogP contribution in [0.15, 0.2) is 42.7 Å². The van der Waals surface area contributed by atoms with E-state index in [1.807, 2.05) is 37.3 Å². The van der Waals surface area contributed by atoms with Gasteiger partial charge in [-0.1, -0.05) is 12.1 Å². The van der Waals surface area contributed by atoms with Crippen LogP contribution in [-0.2, 0) is 13.1 Å². The zero-order valence-electron chi connectivity index (χ0n) is 11.9. The van der Waals surface area contributed by atoms with Gasteiger partial charge in [-0.2, -0.15) is 0 Å². The van der Waals surface area contributed by atoms with Crippen molar-refractivity contribution >= 4 is 0 Å². The molecule has 0 atom stereocenters. The SMILES string of the molecule is CCOc1c(CNCc2ccncc2)cccc1OC. The highest BCUT2D eigenvalue weighted by Crippen LogP contribution is 2.30. The van der Waals surface area contributed by atoms with Gasteiger partial charge in [-0.3, -0.25) is 4.98 Å². The van der Waals surface area contributed by atoms with Gasteiger partial charge < -0.3 is 14.8 Å². The second kappa shape index (κ2) is 7.50. The minimum atomic E-state index is 0.623. The lowest BCUT2D eigenvalue weighted by Crippen LogP contribution is -2.14. The predicted molar refractivity (Wildman–Crippen MR) is 78.9 cm³/mol. The second-order valence-corrected chi connectivity index (χ2v) is 4.34. The van der Waals surface area contributed by atoms with Crippen molar-refractivity contribution in [2.75, 3.05) is 13.7 Å². The standard InChI is InChI=1S/C16H20N2O2/c1-3-20-16-14(5-4-6-15(16)19-2)12-18-11-13-7-9-17-10-8-13/h4-10,18H,3,11-12H2,1-2H3. The van der Waals surface area contributed by atoms with Crippen molar-refractivity contribution in [3.8, 4) is 11.5 Å².